The minimum absolute atomic E-state index is 0.0282. The second-order valence-electron chi connectivity index (χ2n) is 6.55. The second kappa shape index (κ2) is 5.44. The lowest BCUT2D eigenvalue weighted by atomic mass is 9.87. The van der Waals surface area contributed by atoms with Gasteiger partial charge in [0.15, 0.2) is 0 Å². The first kappa shape index (κ1) is 14.9. The molecule has 0 atom stereocenters. The number of hydrogen-bond acceptors (Lipinski definition) is 2. The van der Waals surface area contributed by atoms with Crippen LogP contribution in [0.25, 0.3) is 11.1 Å². The Balaban J connectivity index is 1.51. The van der Waals surface area contributed by atoms with Crippen molar-refractivity contribution in [2.75, 3.05) is 13.1 Å². The lowest BCUT2D eigenvalue weighted by molar-refractivity contribution is -0.120. The van der Waals surface area contributed by atoms with Crippen molar-refractivity contribution in [3.63, 3.8) is 0 Å². The van der Waals surface area contributed by atoms with E-state index in [0.29, 0.717) is 19.5 Å². The van der Waals surface area contributed by atoms with Gasteiger partial charge in [0.05, 0.1) is 11.1 Å². The minimum Gasteiger partial charge on any atom is -0.347 e. The van der Waals surface area contributed by atoms with E-state index in [1.54, 1.807) is 11.0 Å². The first-order valence-electron chi connectivity index (χ1n) is 8.02. The van der Waals surface area contributed by atoms with Gasteiger partial charge in [-0.2, -0.15) is 0 Å². The van der Waals surface area contributed by atoms with E-state index >= 15 is 0 Å². The molecule has 0 aromatic heterocycles. The Bertz CT molecular complexity index is 813. The van der Waals surface area contributed by atoms with Crippen molar-refractivity contribution in [3.8, 4) is 11.1 Å². The van der Waals surface area contributed by atoms with Crippen molar-refractivity contribution in [2.24, 2.45) is 0 Å². The molecule has 2 aliphatic rings. The van der Waals surface area contributed by atoms with Crippen molar-refractivity contribution >= 4 is 11.8 Å². The topological polar surface area (TPSA) is 49.4 Å². The molecule has 0 aliphatic carbocycles. The van der Waals surface area contributed by atoms with Gasteiger partial charge in [-0.3, -0.25) is 9.59 Å². The summed E-state index contributed by atoms with van der Waals surface area (Å²) in [7, 11) is 0. The largest absolute Gasteiger partial charge is 0.347 e. The van der Waals surface area contributed by atoms with Gasteiger partial charge in [-0.1, -0.05) is 36.4 Å². The molecule has 2 amide bonds. The minimum atomic E-state index is -0.516. The molecule has 122 valence electrons. The molecule has 4 rings (SSSR count). The molecule has 0 saturated carbocycles. The SMILES string of the molecule is O=C1CCC2(CN(C(=O)c3ccc(-c4ccccc4)cc3F)C2)N1. The van der Waals surface area contributed by atoms with Crippen LogP contribution < -0.4 is 5.32 Å². The fourth-order valence-corrected chi connectivity index (χ4v) is 3.51. The van der Waals surface area contributed by atoms with Crippen LogP contribution in [0.5, 0.6) is 0 Å². The molecule has 4 nitrogen and oxygen atoms in total. The summed E-state index contributed by atoms with van der Waals surface area (Å²) in [6.07, 6.45) is 1.24. The Morgan fingerprint density at radius 2 is 1.83 bits per heavy atom. The van der Waals surface area contributed by atoms with Crippen LogP contribution in [0.1, 0.15) is 23.2 Å². The average Bonchev–Trinajstić information content (AvgIpc) is 2.96. The number of carbonyl (C=O) groups excluding carboxylic acids is 2. The molecule has 2 aromatic rings. The maximum Gasteiger partial charge on any atom is 0.256 e. The molecular formula is C19H17FN2O2. The maximum atomic E-state index is 14.4. The lowest BCUT2D eigenvalue weighted by Crippen LogP contribution is -2.68. The van der Waals surface area contributed by atoms with Crippen molar-refractivity contribution in [2.45, 2.75) is 18.4 Å². The monoisotopic (exact) mass is 324 g/mol. The van der Waals surface area contributed by atoms with Crippen LogP contribution in [0, 0.1) is 5.82 Å². The van der Waals surface area contributed by atoms with E-state index in [9.17, 15) is 14.0 Å². The molecule has 1 N–H and O–H groups in total. The van der Waals surface area contributed by atoms with E-state index in [2.05, 4.69) is 5.32 Å². The van der Waals surface area contributed by atoms with Crippen molar-refractivity contribution in [3.05, 3.63) is 59.9 Å². The Hall–Kier alpha value is -2.69. The second-order valence-corrected chi connectivity index (χ2v) is 6.55. The third-order valence-electron chi connectivity index (χ3n) is 4.82. The van der Waals surface area contributed by atoms with Gasteiger partial charge in [0.1, 0.15) is 5.82 Å². The zero-order valence-electron chi connectivity index (χ0n) is 13.1. The van der Waals surface area contributed by atoms with Gasteiger partial charge in [-0.25, -0.2) is 4.39 Å². The molecule has 2 aliphatic heterocycles. The van der Waals surface area contributed by atoms with E-state index in [1.165, 1.54) is 12.1 Å². The number of rotatable bonds is 2. The summed E-state index contributed by atoms with van der Waals surface area (Å²) in [6.45, 7) is 0.912. The molecule has 0 radical (unpaired) electrons. The fourth-order valence-electron chi connectivity index (χ4n) is 3.51. The van der Waals surface area contributed by atoms with Gasteiger partial charge < -0.3 is 10.2 Å². The third kappa shape index (κ3) is 2.46. The molecule has 2 saturated heterocycles. The van der Waals surface area contributed by atoms with Crippen LogP contribution in [-0.2, 0) is 4.79 Å². The Labute approximate surface area is 139 Å². The van der Waals surface area contributed by atoms with Crippen LogP contribution >= 0.6 is 0 Å². The van der Waals surface area contributed by atoms with E-state index in [-0.39, 0.29) is 22.9 Å². The molecule has 2 fully saturated rings. The highest BCUT2D eigenvalue weighted by Gasteiger charge is 2.49. The number of likely N-dealkylation sites (tertiary alicyclic amines) is 1. The summed E-state index contributed by atoms with van der Waals surface area (Å²) in [4.78, 5) is 25.4. The molecule has 0 unspecified atom stereocenters. The number of benzene rings is 2. The number of nitrogens with zero attached hydrogens (tertiary/aromatic N) is 1. The summed E-state index contributed by atoms with van der Waals surface area (Å²) >= 11 is 0. The van der Waals surface area contributed by atoms with Gasteiger partial charge in [0, 0.05) is 19.5 Å². The molecule has 1 spiro atoms. The van der Waals surface area contributed by atoms with Gasteiger partial charge in [-0.05, 0) is 29.7 Å². The van der Waals surface area contributed by atoms with Crippen molar-refractivity contribution < 1.29 is 14.0 Å². The van der Waals surface area contributed by atoms with Gasteiger partial charge >= 0.3 is 0 Å². The zero-order chi connectivity index (χ0) is 16.7. The zero-order valence-corrected chi connectivity index (χ0v) is 13.1. The third-order valence-corrected chi connectivity index (χ3v) is 4.82. The molecule has 0 bridgehead atoms. The summed E-state index contributed by atoms with van der Waals surface area (Å²) in [5.74, 6) is -0.808. The standard InChI is InChI=1S/C19H17FN2O2/c20-16-10-14(13-4-2-1-3-5-13)6-7-15(16)18(24)22-11-19(12-22)9-8-17(23)21-19/h1-7,10H,8-9,11-12H2,(H,21,23). The van der Waals surface area contributed by atoms with Crippen molar-refractivity contribution in [1.82, 2.24) is 10.2 Å². The predicted octanol–water partition coefficient (Wildman–Crippen LogP) is 2.60. The van der Waals surface area contributed by atoms with Crippen LogP contribution in [0.15, 0.2) is 48.5 Å². The molecule has 24 heavy (non-hydrogen) atoms. The Morgan fingerprint density at radius 1 is 1.08 bits per heavy atom. The van der Waals surface area contributed by atoms with Gasteiger partial charge in [0.2, 0.25) is 5.91 Å². The van der Waals surface area contributed by atoms with E-state index < -0.39 is 5.82 Å². The predicted molar refractivity (Wildman–Crippen MR) is 87.8 cm³/mol. The highest BCUT2D eigenvalue weighted by atomic mass is 19.1. The van der Waals surface area contributed by atoms with Gasteiger partial charge in [0.25, 0.3) is 5.91 Å². The average molecular weight is 324 g/mol. The molecule has 2 heterocycles. The highest BCUT2D eigenvalue weighted by molar-refractivity contribution is 5.96. The molecule has 5 heteroatoms. The fraction of sp³-hybridized carbons (Fsp3) is 0.263. The Kier molecular flexibility index (Phi) is 3.37. The number of halogens is 1. The lowest BCUT2D eigenvalue weighted by Gasteiger charge is -2.47. The summed E-state index contributed by atoms with van der Waals surface area (Å²) in [5, 5.41) is 2.92. The molecular weight excluding hydrogens is 307 g/mol. The number of amides is 2. The van der Waals surface area contributed by atoms with E-state index in [4.69, 9.17) is 0 Å². The van der Waals surface area contributed by atoms with Crippen LogP contribution in [-0.4, -0.2) is 35.3 Å². The van der Waals surface area contributed by atoms with Crippen LogP contribution in [0.4, 0.5) is 4.39 Å². The van der Waals surface area contributed by atoms with E-state index in [1.807, 2.05) is 30.3 Å². The molecule has 2 aromatic carbocycles. The summed E-state index contributed by atoms with van der Waals surface area (Å²) in [5.41, 5.74) is 1.45. The maximum absolute atomic E-state index is 14.4. The normalized spacial score (nSPS) is 18.4. The summed E-state index contributed by atoms with van der Waals surface area (Å²) < 4.78 is 14.4. The van der Waals surface area contributed by atoms with Crippen LogP contribution in [0.2, 0.25) is 0 Å². The highest BCUT2D eigenvalue weighted by Crippen LogP contribution is 2.32. The number of hydrogen-bond donors (Lipinski definition) is 1. The number of carbonyl (C=O) groups is 2. The first-order valence-corrected chi connectivity index (χ1v) is 8.02. The van der Waals surface area contributed by atoms with Gasteiger partial charge in [-0.15, -0.1) is 0 Å². The van der Waals surface area contributed by atoms with E-state index in [0.717, 1.165) is 17.5 Å². The van der Waals surface area contributed by atoms with Crippen molar-refractivity contribution in [1.29, 1.82) is 0 Å². The van der Waals surface area contributed by atoms with Crippen LogP contribution in [0.3, 0.4) is 0 Å². The summed E-state index contributed by atoms with van der Waals surface area (Å²) in [6, 6.07) is 14.2. The first-order chi connectivity index (χ1) is 11.6. The smallest absolute Gasteiger partial charge is 0.256 e. The Morgan fingerprint density at radius 3 is 2.46 bits per heavy atom. The number of nitrogens with one attached hydrogen (secondary N) is 1. The quantitative estimate of drug-likeness (QED) is 0.923.